The largest absolute Gasteiger partial charge is 0.493 e. The lowest BCUT2D eigenvalue weighted by atomic mass is 10.1. The summed E-state index contributed by atoms with van der Waals surface area (Å²) in [4.78, 5) is 12.7. The number of benzene rings is 3. The summed E-state index contributed by atoms with van der Waals surface area (Å²) in [5.41, 5.74) is 3.23. The van der Waals surface area contributed by atoms with Crippen LogP contribution in [-0.4, -0.2) is 28.5 Å². The Bertz CT molecular complexity index is 1260. The third-order valence-corrected chi connectivity index (χ3v) is 6.56. The van der Waals surface area contributed by atoms with Gasteiger partial charge in [0.2, 0.25) is 0 Å². The van der Waals surface area contributed by atoms with E-state index in [1.54, 1.807) is 12.1 Å². The van der Waals surface area contributed by atoms with Gasteiger partial charge in [0.15, 0.2) is 11.5 Å². The molecule has 9 heteroatoms. The summed E-state index contributed by atoms with van der Waals surface area (Å²) in [6.07, 6.45) is 0. The monoisotopic (exact) mass is 474 g/mol. The van der Waals surface area contributed by atoms with Crippen LogP contribution in [-0.2, 0) is 10.0 Å². The molecule has 3 aromatic carbocycles. The number of amides is 1. The molecule has 3 rings (SSSR count). The van der Waals surface area contributed by atoms with E-state index in [1.165, 1.54) is 50.6 Å². The second-order valence-electron chi connectivity index (χ2n) is 7.08. The van der Waals surface area contributed by atoms with Crippen LogP contribution in [0.3, 0.4) is 0 Å². The molecule has 1 amide bonds. The lowest BCUT2D eigenvalue weighted by molar-refractivity contribution is 0.102. The van der Waals surface area contributed by atoms with E-state index in [1.807, 2.05) is 19.9 Å². The minimum Gasteiger partial charge on any atom is -0.493 e. The first-order valence-electron chi connectivity index (χ1n) is 9.57. The van der Waals surface area contributed by atoms with Crippen LogP contribution in [0.1, 0.15) is 21.5 Å². The third kappa shape index (κ3) is 5.15. The highest BCUT2D eigenvalue weighted by Crippen LogP contribution is 2.36. The van der Waals surface area contributed by atoms with Gasteiger partial charge < -0.3 is 14.8 Å². The van der Waals surface area contributed by atoms with Gasteiger partial charge in [-0.25, -0.2) is 8.42 Å². The number of rotatable bonds is 7. The highest BCUT2D eigenvalue weighted by Gasteiger charge is 2.17. The van der Waals surface area contributed by atoms with Crippen LogP contribution >= 0.6 is 11.6 Å². The molecule has 7 nitrogen and oxygen atoms in total. The summed E-state index contributed by atoms with van der Waals surface area (Å²) in [5.74, 6) is 0.220. The van der Waals surface area contributed by atoms with Gasteiger partial charge in [-0.1, -0.05) is 17.7 Å². The second-order valence-corrected chi connectivity index (χ2v) is 9.17. The van der Waals surface area contributed by atoms with Gasteiger partial charge in [-0.2, -0.15) is 0 Å². The summed E-state index contributed by atoms with van der Waals surface area (Å²) < 4.78 is 38.3. The first kappa shape index (κ1) is 23.4. The Kier molecular flexibility index (Phi) is 6.96. The molecule has 0 unspecified atom stereocenters. The van der Waals surface area contributed by atoms with E-state index in [-0.39, 0.29) is 15.5 Å². The number of aryl methyl sites for hydroxylation is 2. The van der Waals surface area contributed by atoms with Crippen LogP contribution in [0, 0.1) is 13.8 Å². The fraction of sp³-hybridized carbons (Fsp3) is 0.174. The zero-order chi connectivity index (χ0) is 23.5. The van der Waals surface area contributed by atoms with Crippen molar-refractivity contribution in [2.45, 2.75) is 18.7 Å². The molecule has 3 aromatic rings. The molecule has 2 N–H and O–H groups in total. The van der Waals surface area contributed by atoms with Crippen molar-refractivity contribution in [3.8, 4) is 11.5 Å². The predicted molar refractivity (Wildman–Crippen MR) is 126 cm³/mol. The van der Waals surface area contributed by atoms with Crippen LogP contribution in [0.4, 0.5) is 11.4 Å². The van der Waals surface area contributed by atoms with Crippen molar-refractivity contribution in [3.05, 3.63) is 76.3 Å². The van der Waals surface area contributed by atoms with Gasteiger partial charge in [0.1, 0.15) is 0 Å². The van der Waals surface area contributed by atoms with Gasteiger partial charge in [-0.3, -0.25) is 9.52 Å². The number of sulfonamides is 1. The number of nitrogens with one attached hydrogen (secondary N) is 2. The van der Waals surface area contributed by atoms with Gasteiger partial charge in [0.05, 0.1) is 24.1 Å². The van der Waals surface area contributed by atoms with Crippen molar-refractivity contribution in [1.82, 2.24) is 0 Å². The minimum atomic E-state index is -3.77. The lowest BCUT2D eigenvalue weighted by Gasteiger charge is -2.12. The number of carbonyl (C=O) groups is 1. The molecule has 0 atom stereocenters. The topological polar surface area (TPSA) is 93.7 Å². The number of ether oxygens (including phenoxy) is 2. The van der Waals surface area contributed by atoms with E-state index in [2.05, 4.69) is 10.0 Å². The van der Waals surface area contributed by atoms with Crippen molar-refractivity contribution < 1.29 is 22.7 Å². The molecule has 0 aliphatic heterocycles. The first-order chi connectivity index (χ1) is 15.1. The Labute approximate surface area is 192 Å². The molecule has 0 fully saturated rings. The van der Waals surface area contributed by atoms with E-state index >= 15 is 0 Å². The van der Waals surface area contributed by atoms with Crippen LogP contribution in [0.25, 0.3) is 0 Å². The van der Waals surface area contributed by atoms with Crippen molar-refractivity contribution in [2.75, 3.05) is 24.3 Å². The maximum absolute atomic E-state index is 12.7. The molecule has 32 heavy (non-hydrogen) atoms. The molecule has 0 aliphatic rings. The lowest BCUT2D eigenvalue weighted by Crippen LogP contribution is -2.14. The highest BCUT2D eigenvalue weighted by molar-refractivity contribution is 7.92. The molecule has 0 spiro atoms. The number of halogens is 1. The van der Waals surface area contributed by atoms with Crippen LogP contribution in [0.15, 0.2) is 59.5 Å². The molecule has 168 valence electrons. The second kappa shape index (κ2) is 9.50. The van der Waals surface area contributed by atoms with Crippen LogP contribution in [0.5, 0.6) is 11.5 Å². The zero-order valence-corrected chi connectivity index (χ0v) is 19.6. The van der Waals surface area contributed by atoms with Crippen LogP contribution < -0.4 is 19.5 Å². The maximum atomic E-state index is 12.7. The number of carbonyl (C=O) groups excluding carboxylic acids is 1. The van der Waals surface area contributed by atoms with Crippen molar-refractivity contribution >= 4 is 38.9 Å². The van der Waals surface area contributed by atoms with Crippen molar-refractivity contribution in [3.63, 3.8) is 0 Å². The molecule has 0 aromatic heterocycles. The van der Waals surface area contributed by atoms with E-state index in [0.717, 1.165) is 11.1 Å². The number of methoxy groups -OCH3 is 2. The van der Waals surface area contributed by atoms with Crippen molar-refractivity contribution in [1.29, 1.82) is 0 Å². The van der Waals surface area contributed by atoms with Crippen molar-refractivity contribution in [2.24, 2.45) is 0 Å². The van der Waals surface area contributed by atoms with Gasteiger partial charge in [-0.15, -0.1) is 0 Å². The Morgan fingerprint density at radius 2 is 1.53 bits per heavy atom. The highest BCUT2D eigenvalue weighted by atomic mass is 35.5. The zero-order valence-electron chi connectivity index (χ0n) is 18.0. The predicted octanol–water partition coefficient (Wildman–Crippen LogP) is 5.03. The SMILES string of the molecule is COc1cc(C(=O)Nc2ccc(S(=O)(=O)Nc3ccc(C)c(C)c3)cc2)cc(Cl)c1OC. The third-order valence-electron chi connectivity index (χ3n) is 4.88. The average Bonchev–Trinajstić information content (AvgIpc) is 2.75. The minimum absolute atomic E-state index is 0.0721. The molecule has 0 aliphatic carbocycles. The van der Waals surface area contributed by atoms with E-state index in [0.29, 0.717) is 22.9 Å². The first-order valence-corrected chi connectivity index (χ1v) is 11.4. The van der Waals surface area contributed by atoms with Gasteiger partial charge in [0, 0.05) is 16.9 Å². The van der Waals surface area contributed by atoms with Gasteiger partial charge in [0.25, 0.3) is 15.9 Å². The number of anilines is 2. The van der Waals surface area contributed by atoms with Gasteiger partial charge >= 0.3 is 0 Å². The van der Waals surface area contributed by atoms with Gasteiger partial charge in [-0.05, 0) is 73.5 Å². The number of hydrogen-bond acceptors (Lipinski definition) is 5. The molecular formula is C23H23ClN2O5S. The fourth-order valence-corrected chi connectivity index (χ4v) is 4.33. The molecule has 0 bridgehead atoms. The fourth-order valence-electron chi connectivity index (χ4n) is 2.99. The molecule has 0 heterocycles. The normalized spacial score (nSPS) is 11.0. The molecule has 0 saturated carbocycles. The Morgan fingerprint density at radius 3 is 2.12 bits per heavy atom. The van der Waals surface area contributed by atoms with E-state index < -0.39 is 15.9 Å². The average molecular weight is 475 g/mol. The molecular weight excluding hydrogens is 452 g/mol. The summed E-state index contributed by atoms with van der Waals surface area (Å²) in [7, 11) is -0.876. The quantitative estimate of drug-likeness (QED) is 0.501. The van der Waals surface area contributed by atoms with E-state index in [4.69, 9.17) is 21.1 Å². The Morgan fingerprint density at radius 1 is 0.875 bits per heavy atom. The summed E-state index contributed by atoms with van der Waals surface area (Å²) >= 11 is 6.16. The van der Waals surface area contributed by atoms with Crippen LogP contribution in [0.2, 0.25) is 5.02 Å². The smallest absolute Gasteiger partial charge is 0.261 e. The standard InChI is InChI=1S/C23H23ClN2O5S/c1-14-5-6-18(11-15(14)2)26-32(28,29)19-9-7-17(8-10-19)25-23(27)16-12-20(24)22(31-4)21(13-16)30-3/h5-13,26H,1-4H3,(H,25,27). The summed E-state index contributed by atoms with van der Waals surface area (Å²) in [6, 6.07) is 14.2. The molecule has 0 radical (unpaired) electrons. The number of hydrogen-bond donors (Lipinski definition) is 2. The molecule has 0 saturated heterocycles. The Hall–Kier alpha value is -3.23. The summed E-state index contributed by atoms with van der Waals surface area (Å²) in [5, 5.41) is 2.94. The Balaban J connectivity index is 1.76. The van der Waals surface area contributed by atoms with E-state index in [9.17, 15) is 13.2 Å². The summed E-state index contributed by atoms with van der Waals surface area (Å²) in [6.45, 7) is 3.87. The maximum Gasteiger partial charge on any atom is 0.261 e.